The van der Waals surface area contributed by atoms with Gasteiger partial charge in [-0.15, -0.1) is 0 Å². The highest BCUT2D eigenvalue weighted by Gasteiger charge is 2.44. The molecule has 0 unspecified atom stereocenters. The number of carbonyl (C=O) groups excluding carboxylic acids is 1. The summed E-state index contributed by atoms with van der Waals surface area (Å²) in [5.74, 6) is -0.0799. The molecule has 0 saturated carbocycles. The maximum Gasteiger partial charge on any atom is 0.316 e. The number of benzene rings is 1. The van der Waals surface area contributed by atoms with Crippen LogP contribution in [0.1, 0.15) is 31.2 Å². The van der Waals surface area contributed by atoms with Crippen LogP contribution in [0.15, 0.2) is 30.3 Å². The summed E-state index contributed by atoms with van der Waals surface area (Å²) in [5.41, 5.74) is 0.645. The van der Waals surface area contributed by atoms with E-state index in [0.29, 0.717) is 6.04 Å². The zero-order valence-corrected chi connectivity index (χ0v) is 13.4. The maximum absolute atomic E-state index is 12.5. The molecular formula is C18H26N2O2. The molecule has 120 valence electrons. The molecule has 2 saturated heterocycles. The molecule has 2 fully saturated rings. The van der Waals surface area contributed by atoms with E-state index >= 15 is 0 Å². The number of nitrogens with one attached hydrogen (secondary N) is 1. The van der Waals surface area contributed by atoms with Gasteiger partial charge in [-0.25, -0.2) is 0 Å². The predicted octanol–water partition coefficient (Wildman–Crippen LogP) is 1.95. The van der Waals surface area contributed by atoms with E-state index in [1.54, 1.807) is 0 Å². The molecule has 0 amide bonds. The molecule has 3 rings (SSSR count). The molecule has 0 spiro atoms. The number of nitrogens with zero attached hydrogens (tertiary/aromatic N) is 1. The quantitative estimate of drug-likeness (QED) is 0.867. The fourth-order valence-electron chi connectivity index (χ4n) is 4.01. The van der Waals surface area contributed by atoms with Crippen molar-refractivity contribution in [2.45, 2.75) is 37.1 Å². The molecule has 0 aliphatic carbocycles. The third kappa shape index (κ3) is 2.90. The molecule has 22 heavy (non-hydrogen) atoms. The number of esters is 1. The summed E-state index contributed by atoms with van der Waals surface area (Å²) in [6.45, 7) is 4.19. The van der Waals surface area contributed by atoms with Crippen LogP contribution in [0.2, 0.25) is 0 Å². The van der Waals surface area contributed by atoms with Gasteiger partial charge in [-0.05, 0) is 57.4 Å². The van der Waals surface area contributed by atoms with E-state index < -0.39 is 5.41 Å². The largest absolute Gasteiger partial charge is 0.468 e. The van der Waals surface area contributed by atoms with Crippen molar-refractivity contribution < 1.29 is 9.53 Å². The molecule has 0 bridgehead atoms. The highest BCUT2D eigenvalue weighted by Crippen LogP contribution is 2.37. The summed E-state index contributed by atoms with van der Waals surface area (Å²) in [6.07, 6.45) is 4.15. The van der Waals surface area contributed by atoms with Crippen molar-refractivity contribution in [1.82, 2.24) is 10.2 Å². The minimum atomic E-state index is -0.459. The second kappa shape index (κ2) is 6.80. The molecule has 1 N–H and O–H groups in total. The van der Waals surface area contributed by atoms with Gasteiger partial charge in [0.05, 0.1) is 12.5 Å². The van der Waals surface area contributed by atoms with Gasteiger partial charge in [-0.1, -0.05) is 30.3 Å². The van der Waals surface area contributed by atoms with E-state index in [1.807, 2.05) is 18.2 Å². The molecular weight excluding hydrogens is 276 g/mol. The second-order valence-electron chi connectivity index (χ2n) is 6.46. The Labute approximate surface area is 132 Å². The van der Waals surface area contributed by atoms with Gasteiger partial charge in [0.1, 0.15) is 0 Å². The summed E-state index contributed by atoms with van der Waals surface area (Å²) in [5, 5.41) is 3.42. The topological polar surface area (TPSA) is 41.6 Å². The number of methoxy groups -OCH3 is 1. The molecule has 0 atom stereocenters. The first-order valence-corrected chi connectivity index (χ1v) is 8.35. The van der Waals surface area contributed by atoms with E-state index in [1.165, 1.54) is 20.0 Å². The minimum absolute atomic E-state index is 0.0799. The Morgan fingerprint density at radius 3 is 2.41 bits per heavy atom. The van der Waals surface area contributed by atoms with Crippen LogP contribution in [0.5, 0.6) is 0 Å². The number of carbonyl (C=O) groups is 1. The first kappa shape index (κ1) is 15.5. The van der Waals surface area contributed by atoms with E-state index in [-0.39, 0.29) is 5.97 Å². The lowest BCUT2D eigenvalue weighted by molar-refractivity contribution is -0.150. The Bertz CT molecular complexity index is 489. The number of piperidine rings is 2. The number of hydrogen-bond acceptors (Lipinski definition) is 4. The summed E-state index contributed by atoms with van der Waals surface area (Å²) >= 11 is 0. The number of rotatable bonds is 3. The highest BCUT2D eigenvalue weighted by molar-refractivity contribution is 5.83. The molecule has 4 heteroatoms. The van der Waals surface area contributed by atoms with E-state index in [9.17, 15) is 4.79 Å². The lowest BCUT2D eigenvalue weighted by atomic mass is 9.72. The van der Waals surface area contributed by atoms with Gasteiger partial charge < -0.3 is 15.0 Å². The number of likely N-dealkylation sites (tertiary alicyclic amines) is 1. The third-order valence-corrected chi connectivity index (χ3v) is 5.38. The van der Waals surface area contributed by atoms with Crippen LogP contribution in [-0.4, -0.2) is 50.2 Å². The zero-order chi connectivity index (χ0) is 15.4. The molecule has 1 aromatic carbocycles. The van der Waals surface area contributed by atoms with Gasteiger partial charge in [0, 0.05) is 6.04 Å². The van der Waals surface area contributed by atoms with Gasteiger partial charge in [-0.2, -0.15) is 0 Å². The Morgan fingerprint density at radius 1 is 1.18 bits per heavy atom. The number of hydrogen-bond donors (Lipinski definition) is 1. The lowest BCUT2D eigenvalue weighted by Crippen LogP contribution is -2.52. The van der Waals surface area contributed by atoms with E-state index in [2.05, 4.69) is 22.3 Å². The van der Waals surface area contributed by atoms with Crippen LogP contribution < -0.4 is 5.32 Å². The molecule has 2 aliphatic rings. The summed E-state index contributed by atoms with van der Waals surface area (Å²) in [7, 11) is 1.51. The first-order valence-electron chi connectivity index (χ1n) is 8.35. The SMILES string of the molecule is COC(=O)C1(c2ccccc2)CCN(C2CCNCC2)CC1. The second-order valence-corrected chi connectivity index (χ2v) is 6.46. The Kier molecular flexibility index (Phi) is 4.79. The molecule has 0 aromatic heterocycles. The summed E-state index contributed by atoms with van der Waals surface area (Å²) in [6, 6.07) is 10.8. The van der Waals surface area contributed by atoms with Crippen LogP contribution >= 0.6 is 0 Å². The van der Waals surface area contributed by atoms with Gasteiger partial charge in [0.25, 0.3) is 0 Å². The van der Waals surface area contributed by atoms with Crippen LogP contribution in [-0.2, 0) is 14.9 Å². The van der Waals surface area contributed by atoms with Crippen LogP contribution in [0.3, 0.4) is 0 Å². The molecule has 2 heterocycles. The van der Waals surface area contributed by atoms with Gasteiger partial charge >= 0.3 is 5.97 Å². The molecule has 1 aromatic rings. The predicted molar refractivity (Wildman–Crippen MR) is 86.8 cm³/mol. The summed E-state index contributed by atoms with van der Waals surface area (Å²) in [4.78, 5) is 15.1. The average Bonchev–Trinajstić information content (AvgIpc) is 2.62. The molecule has 4 nitrogen and oxygen atoms in total. The minimum Gasteiger partial charge on any atom is -0.468 e. The van der Waals surface area contributed by atoms with Crippen molar-refractivity contribution in [2.24, 2.45) is 0 Å². The highest BCUT2D eigenvalue weighted by atomic mass is 16.5. The van der Waals surface area contributed by atoms with Crippen LogP contribution in [0.25, 0.3) is 0 Å². The maximum atomic E-state index is 12.5. The Hall–Kier alpha value is -1.39. The third-order valence-electron chi connectivity index (χ3n) is 5.38. The van der Waals surface area contributed by atoms with Crippen molar-refractivity contribution in [3.05, 3.63) is 35.9 Å². The average molecular weight is 302 g/mol. The van der Waals surface area contributed by atoms with Crippen molar-refractivity contribution in [2.75, 3.05) is 33.3 Å². The van der Waals surface area contributed by atoms with Gasteiger partial charge in [0.2, 0.25) is 0 Å². The van der Waals surface area contributed by atoms with Crippen molar-refractivity contribution in [3.8, 4) is 0 Å². The fraction of sp³-hybridized carbons (Fsp3) is 0.611. The molecule has 0 radical (unpaired) electrons. The normalized spacial score (nSPS) is 23.1. The Morgan fingerprint density at radius 2 is 1.82 bits per heavy atom. The Balaban J connectivity index is 1.75. The van der Waals surface area contributed by atoms with Crippen LogP contribution in [0.4, 0.5) is 0 Å². The van der Waals surface area contributed by atoms with Gasteiger partial charge in [0.15, 0.2) is 0 Å². The summed E-state index contributed by atoms with van der Waals surface area (Å²) < 4.78 is 5.16. The van der Waals surface area contributed by atoms with Crippen molar-refractivity contribution in [1.29, 1.82) is 0 Å². The first-order chi connectivity index (χ1) is 10.8. The zero-order valence-electron chi connectivity index (χ0n) is 13.4. The van der Waals surface area contributed by atoms with E-state index in [0.717, 1.165) is 44.6 Å². The molecule has 2 aliphatic heterocycles. The standard InChI is InChI=1S/C18H26N2O2/c1-22-17(21)18(15-5-3-2-4-6-15)9-13-20(14-10-18)16-7-11-19-12-8-16/h2-6,16,19H,7-14H2,1H3. The lowest BCUT2D eigenvalue weighted by Gasteiger charge is -2.44. The van der Waals surface area contributed by atoms with E-state index in [4.69, 9.17) is 4.74 Å². The van der Waals surface area contributed by atoms with Crippen LogP contribution in [0, 0.1) is 0 Å². The van der Waals surface area contributed by atoms with Gasteiger partial charge in [-0.3, -0.25) is 4.79 Å². The fourth-order valence-corrected chi connectivity index (χ4v) is 4.01. The van der Waals surface area contributed by atoms with Crippen molar-refractivity contribution >= 4 is 5.97 Å². The van der Waals surface area contributed by atoms with Crippen molar-refractivity contribution in [3.63, 3.8) is 0 Å². The smallest absolute Gasteiger partial charge is 0.316 e. The monoisotopic (exact) mass is 302 g/mol. The number of ether oxygens (including phenoxy) is 1.